The van der Waals surface area contributed by atoms with E-state index in [9.17, 15) is 4.79 Å². The average molecular weight is 251 g/mol. The van der Waals surface area contributed by atoms with Gasteiger partial charge in [0, 0.05) is 24.1 Å². The van der Waals surface area contributed by atoms with Crippen molar-refractivity contribution in [1.29, 1.82) is 0 Å². The van der Waals surface area contributed by atoms with Crippen molar-refractivity contribution < 1.29 is 19.0 Å². The molecule has 2 N–H and O–H groups in total. The second kappa shape index (κ2) is 5.27. The summed E-state index contributed by atoms with van der Waals surface area (Å²) in [5.41, 5.74) is 6.72. The molecule has 1 unspecified atom stereocenters. The van der Waals surface area contributed by atoms with Crippen LogP contribution in [0.15, 0.2) is 18.2 Å². The van der Waals surface area contributed by atoms with Crippen LogP contribution < -0.4 is 15.2 Å². The molecule has 5 nitrogen and oxygen atoms in total. The monoisotopic (exact) mass is 251 g/mol. The van der Waals surface area contributed by atoms with Crippen molar-refractivity contribution in [3.8, 4) is 11.5 Å². The number of ether oxygens (including phenoxy) is 3. The predicted octanol–water partition coefficient (Wildman–Crippen LogP) is 1.41. The molecule has 0 bridgehead atoms. The molecule has 0 spiro atoms. The van der Waals surface area contributed by atoms with Crippen LogP contribution in [0, 0.1) is 0 Å². The molecule has 0 radical (unpaired) electrons. The molecular formula is C13H17NO4. The fraction of sp³-hybridized carbons (Fsp3) is 0.462. The number of carbonyl (C=O) groups excluding carboxylic acids is 1. The van der Waals surface area contributed by atoms with Gasteiger partial charge in [0.1, 0.15) is 11.5 Å². The summed E-state index contributed by atoms with van der Waals surface area (Å²) in [6.45, 7) is 2.27. The van der Waals surface area contributed by atoms with E-state index in [1.54, 1.807) is 13.2 Å². The first-order chi connectivity index (χ1) is 8.61. The van der Waals surface area contributed by atoms with Crippen LogP contribution in [-0.2, 0) is 9.53 Å². The van der Waals surface area contributed by atoms with E-state index in [0.29, 0.717) is 24.5 Å². The lowest BCUT2D eigenvalue weighted by atomic mass is 10.1. The van der Waals surface area contributed by atoms with Gasteiger partial charge in [-0.05, 0) is 13.0 Å². The summed E-state index contributed by atoms with van der Waals surface area (Å²) in [6, 6.07) is 5.23. The van der Waals surface area contributed by atoms with Crippen LogP contribution >= 0.6 is 0 Å². The van der Waals surface area contributed by atoms with E-state index < -0.39 is 6.10 Å². The molecular weight excluding hydrogens is 234 g/mol. The molecule has 1 saturated heterocycles. The van der Waals surface area contributed by atoms with Gasteiger partial charge >= 0.3 is 5.97 Å². The van der Waals surface area contributed by atoms with E-state index in [1.165, 1.54) is 0 Å². The van der Waals surface area contributed by atoms with Gasteiger partial charge in [0.2, 0.25) is 0 Å². The lowest BCUT2D eigenvalue weighted by Gasteiger charge is -2.17. The molecule has 0 amide bonds. The highest BCUT2D eigenvalue weighted by Gasteiger charge is 2.29. The molecule has 98 valence electrons. The largest absolute Gasteiger partial charge is 0.497 e. The van der Waals surface area contributed by atoms with Gasteiger partial charge in [-0.25, -0.2) is 4.79 Å². The van der Waals surface area contributed by atoms with Crippen LogP contribution in [0.1, 0.15) is 24.9 Å². The number of carbonyl (C=O) groups is 1. The summed E-state index contributed by atoms with van der Waals surface area (Å²) in [5.74, 6) is 0.919. The Labute approximate surface area is 106 Å². The van der Waals surface area contributed by atoms with Gasteiger partial charge in [-0.15, -0.1) is 0 Å². The molecule has 1 aliphatic heterocycles. The Morgan fingerprint density at radius 3 is 2.83 bits per heavy atom. The summed E-state index contributed by atoms with van der Waals surface area (Å²) < 4.78 is 15.7. The van der Waals surface area contributed by atoms with E-state index in [2.05, 4.69) is 0 Å². The Balaban J connectivity index is 2.25. The Morgan fingerprint density at radius 1 is 1.50 bits per heavy atom. The zero-order valence-corrected chi connectivity index (χ0v) is 10.5. The fourth-order valence-electron chi connectivity index (χ4n) is 1.86. The standard InChI is InChI=1S/C13H17NO4/c1-8(14)10-4-3-9(16-2)7-12(10)18-11-5-6-17-13(11)15/h3-4,7-8,11H,5-6,14H2,1-2H3/t8-,11?/m0/s1. The minimum atomic E-state index is -0.547. The van der Waals surface area contributed by atoms with Crippen molar-refractivity contribution >= 4 is 5.97 Å². The van der Waals surface area contributed by atoms with Crippen LogP contribution in [-0.4, -0.2) is 25.8 Å². The number of hydrogen-bond donors (Lipinski definition) is 1. The fourth-order valence-corrected chi connectivity index (χ4v) is 1.86. The highest BCUT2D eigenvalue weighted by Crippen LogP contribution is 2.30. The van der Waals surface area contributed by atoms with E-state index in [1.807, 2.05) is 19.1 Å². The van der Waals surface area contributed by atoms with Gasteiger partial charge in [0.25, 0.3) is 0 Å². The Bertz CT molecular complexity index is 445. The highest BCUT2D eigenvalue weighted by molar-refractivity contribution is 5.76. The van der Waals surface area contributed by atoms with Gasteiger partial charge in [0.05, 0.1) is 13.7 Å². The Kier molecular flexibility index (Phi) is 3.72. The third-order valence-corrected chi connectivity index (χ3v) is 2.87. The van der Waals surface area contributed by atoms with Gasteiger partial charge in [-0.2, -0.15) is 0 Å². The maximum absolute atomic E-state index is 11.4. The first-order valence-corrected chi connectivity index (χ1v) is 5.88. The minimum Gasteiger partial charge on any atom is -0.497 e. The number of nitrogens with two attached hydrogens (primary N) is 1. The number of methoxy groups -OCH3 is 1. The van der Waals surface area contributed by atoms with Crippen molar-refractivity contribution in [1.82, 2.24) is 0 Å². The van der Waals surface area contributed by atoms with Gasteiger partial charge in [-0.3, -0.25) is 0 Å². The van der Waals surface area contributed by atoms with Crippen LogP contribution in [0.2, 0.25) is 0 Å². The predicted molar refractivity (Wildman–Crippen MR) is 65.6 cm³/mol. The molecule has 0 aliphatic carbocycles. The smallest absolute Gasteiger partial charge is 0.347 e. The van der Waals surface area contributed by atoms with Gasteiger partial charge in [-0.1, -0.05) is 6.07 Å². The first-order valence-electron chi connectivity index (χ1n) is 5.88. The number of cyclic esters (lactones) is 1. The van der Waals surface area contributed by atoms with Crippen molar-refractivity contribution in [3.05, 3.63) is 23.8 Å². The second-order valence-corrected chi connectivity index (χ2v) is 4.26. The lowest BCUT2D eigenvalue weighted by molar-refractivity contribution is -0.143. The molecule has 1 aromatic carbocycles. The molecule has 18 heavy (non-hydrogen) atoms. The quantitative estimate of drug-likeness (QED) is 0.819. The third-order valence-electron chi connectivity index (χ3n) is 2.87. The number of rotatable bonds is 4. The molecule has 5 heteroatoms. The SMILES string of the molecule is COc1ccc([C@H](C)N)c(OC2CCOC2=O)c1. The molecule has 1 fully saturated rings. The summed E-state index contributed by atoms with van der Waals surface area (Å²) >= 11 is 0. The van der Waals surface area contributed by atoms with Crippen molar-refractivity contribution in [2.75, 3.05) is 13.7 Å². The topological polar surface area (TPSA) is 70.8 Å². The van der Waals surface area contributed by atoms with Gasteiger partial charge < -0.3 is 19.9 Å². The van der Waals surface area contributed by atoms with Crippen molar-refractivity contribution in [2.24, 2.45) is 5.73 Å². The number of hydrogen-bond acceptors (Lipinski definition) is 5. The summed E-state index contributed by atoms with van der Waals surface area (Å²) in [6.07, 6.45) is 0.0173. The maximum Gasteiger partial charge on any atom is 0.347 e. The van der Waals surface area contributed by atoms with E-state index in [0.717, 1.165) is 5.56 Å². The normalized spacial score (nSPS) is 20.4. The molecule has 1 aromatic rings. The Morgan fingerprint density at radius 2 is 2.28 bits per heavy atom. The third kappa shape index (κ3) is 2.56. The molecule has 1 aliphatic rings. The molecule has 2 rings (SSSR count). The summed E-state index contributed by atoms with van der Waals surface area (Å²) in [7, 11) is 1.58. The molecule has 2 atom stereocenters. The van der Waals surface area contributed by atoms with Crippen molar-refractivity contribution in [2.45, 2.75) is 25.5 Å². The molecule has 1 heterocycles. The lowest BCUT2D eigenvalue weighted by Crippen LogP contribution is -2.23. The minimum absolute atomic E-state index is 0.177. The molecule has 0 aromatic heterocycles. The first kappa shape index (κ1) is 12.7. The van der Waals surface area contributed by atoms with Crippen LogP contribution in [0.4, 0.5) is 0 Å². The maximum atomic E-state index is 11.4. The summed E-state index contributed by atoms with van der Waals surface area (Å²) in [5, 5.41) is 0. The van der Waals surface area contributed by atoms with Crippen LogP contribution in [0.25, 0.3) is 0 Å². The molecule has 0 saturated carbocycles. The zero-order chi connectivity index (χ0) is 13.1. The number of esters is 1. The Hall–Kier alpha value is -1.75. The zero-order valence-electron chi connectivity index (χ0n) is 10.5. The highest BCUT2D eigenvalue weighted by atomic mass is 16.6. The van der Waals surface area contributed by atoms with Gasteiger partial charge in [0.15, 0.2) is 6.10 Å². The van der Waals surface area contributed by atoms with E-state index >= 15 is 0 Å². The van der Waals surface area contributed by atoms with Crippen LogP contribution in [0.3, 0.4) is 0 Å². The number of benzene rings is 1. The van der Waals surface area contributed by atoms with Crippen LogP contribution in [0.5, 0.6) is 11.5 Å². The average Bonchev–Trinajstić information content (AvgIpc) is 2.74. The van der Waals surface area contributed by atoms with Crippen molar-refractivity contribution in [3.63, 3.8) is 0 Å². The summed E-state index contributed by atoms with van der Waals surface area (Å²) in [4.78, 5) is 11.4. The van der Waals surface area contributed by atoms with E-state index in [-0.39, 0.29) is 12.0 Å². The van der Waals surface area contributed by atoms with E-state index in [4.69, 9.17) is 19.9 Å². The second-order valence-electron chi connectivity index (χ2n) is 4.26.